The van der Waals surface area contributed by atoms with Gasteiger partial charge >= 0.3 is 6.09 Å². The number of aliphatic hydroxyl groups excluding tert-OH is 1. The third-order valence-corrected chi connectivity index (χ3v) is 6.44. The van der Waals surface area contributed by atoms with Gasteiger partial charge in [0, 0.05) is 6.04 Å². The van der Waals surface area contributed by atoms with E-state index in [4.69, 9.17) is 9.47 Å². The van der Waals surface area contributed by atoms with Crippen LogP contribution in [0.15, 0.2) is 78.9 Å². The lowest BCUT2D eigenvalue weighted by Gasteiger charge is -2.29. The molecule has 0 spiro atoms. The van der Waals surface area contributed by atoms with Crippen molar-refractivity contribution in [3.8, 4) is 5.75 Å². The molecule has 0 bridgehead atoms. The zero-order chi connectivity index (χ0) is 29.1. The summed E-state index contributed by atoms with van der Waals surface area (Å²) in [5.41, 5.74) is 3.24. The van der Waals surface area contributed by atoms with Gasteiger partial charge in [0.15, 0.2) is 6.61 Å². The molecule has 0 saturated heterocycles. The average molecular weight is 547 g/mol. The van der Waals surface area contributed by atoms with Crippen LogP contribution in [0.4, 0.5) is 4.79 Å². The summed E-state index contributed by atoms with van der Waals surface area (Å²) < 4.78 is 11.3. The Morgan fingerprint density at radius 2 is 1.35 bits per heavy atom. The second kappa shape index (κ2) is 14.5. The fourth-order valence-electron chi connectivity index (χ4n) is 4.59. The Hall–Kier alpha value is -3.84. The standard InChI is InChI=1S/C33H42N2O5/c1-23-13-12-14-24(2)31(23)39-22-30(37)35-28(20-26-17-10-7-11-18-26)29(36)21-27(19-25-15-8-6-9-16-25)34-32(38)40-33(3,4)5/h6-18,27-29,36H,19-22H2,1-5H3,(H,34,38)(H,35,37). The molecule has 0 fully saturated rings. The van der Waals surface area contributed by atoms with Crippen molar-refractivity contribution in [3.63, 3.8) is 0 Å². The Labute approximate surface area is 237 Å². The van der Waals surface area contributed by atoms with Crippen LogP contribution in [-0.4, -0.2) is 47.5 Å². The normalized spacial score (nSPS) is 13.6. The van der Waals surface area contributed by atoms with Gasteiger partial charge in [-0.15, -0.1) is 0 Å². The van der Waals surface area contributed by atoms with Crippen molar-refractivity contribution >= 4 is 12.0 Å². The van der Waals surface area contributed by atoms with Crippen molar-refractivity contribution in [3.05, 3.63) is 101 Å². The average Bonchev–Trinajstić information content (AvgIpc) is 2.88. The molecule has 214 valence electrons. The van der Waals surface area contributed by atoms with Crippen LogP contribution >= 0.6 is 0 Å². The van der Waals surface area contributed by atoms with Gasteiger partial charge in [-0.05, 0) is 76.1 Å². The number of aliphatic hydroxyl groups is 1. The number of rotatable bonds is 12. The lowest BCUT2D eigenvalue weighted by atomic mass is 9.93. The molecule has 7 nitrogen and oxygen atoms in total. The number of amides is 2. The van der Waals surface area contributed by atoms with Crippen molar-refractivity contribution in [2.24, 2.45) is 0 Å². The van der Waals surface area contributed by atoms with E-state index in [-0.39, 0.29) is 18.9 Å². The van der Waals surface area contributed by atoms with E-state index in [1.807, 2.05) is 92.7 Å². The summed E-state index contributed by atoms with van der Waals surface area (Å²) in [5.74, 6) is 0.352. The zero-order valence-electron chi connectivity index (χ0n) is 24.1. The highest BCUT2D eigenvalue weighted by Crippen LogP contribution is 2.22. The quantitative estimate of drug-likeness (QED) is 0.287. The monoisotopic (exact) mass is 546 g/mol. The van der Waals surface area contributed by atoms with E-state index in [1.165, 1.54) is 0 Å². The highest BCUT2D eigenvalue weighted by Gasteiger charge is 2.28. The van der Waals surface area contributed by atoms with Gasteiger partial charge in [0.1, 0.15) is 11.4 Å². The molecule has 3 unspecified atom stereocenters. The van der Waals surface area contributed by atoms with Crippen LogP contribution < -0.4 is 15.4 Å². The number of para-hydroxylation sites is 1. The maximum Gasteiger partial charge on any atom is 0.407 e. The smallest absolute Gasteiger partial charge is 0.407 e. The molecule has 0 heterocycles. The minimum absolute atomic E-state index is 0.173. The SMILES string of the molecule is Cc1cccc(C)c1OCC(=O)NC(Cc1ccccc1)C(O)CC(Cc1ccccc1)NC(=O)OC(C)(C)C. The largest absolute Gasteiger partial charge is 0.483 e. The van der Waals surface area contributed by atoms with Crippen LogP contribution in [0.25, 0.3) is 0 Å². The molecule has 40 heavy (non-hydrogen) atoms. The molecule has 0 aromatic heterocycles. The van der Waals surface area contributed by atoms with Gasteiger partial charge in [-0.1, -0.05) is 78.9 Å². The summed E-state index contributed by atoms with van der Waals surface area (Å²) in [6.07, 6.45) is -0.372. The summed E-state index contributed by atoms with van der Waals surface area (Å²) in [7, 11) is 0. The van der Waals surface area contributed by atoms with Gasteiger partial charge in [-0.25, -0.2) is 4.79 Å². The second-order valence-electron chi connectivity index (χ2n) is 11.2. The van der Waals surface area contributed by atoms with Crippen molar-refractivity contribution in [1.82, 2.24) is 10.6 Å². The van der Waals surface area contributed by atoms with Crippen LogP contribution in [-0.2, 0) is 22.4 Å². The third kappa shape index (κ3) is 10.4. The molecule has 3 aromatic rings. The highest BCUT2D eigenvalue weighted by molar-refractivity contribution is 5.78. The number of benzene rings is 3. The number of hydrogen-bond donors (Lipinski definition) is 3. The van der Waals surface area contributed by atoms with Crippen LogP contribution in [0.3, 0.4) is 0 Å². The first-order valence-corrected chi connectivity index (χ1v) is 13.7. The summed E-state index contributed by atoms with van der Waals surface area (Å²) in [6, 6.07) is 24.2. The van der Waals surface area contributed by atoms with Crippen LogP contribution in [0.2, 0.25) is 0 Å². The first kappa shape index (κ1) is 30.7. The Balaban J connectivity index is 1.74. The Morgan fingerprint density at radius 3 is 1.90 bits per heavy atom. The van der Waals surface area contributed by atoms with Gasteiger partial charge in [0.25, 0.3) is 5.91 Å². The molecule has 3 rings (SSSR count). The van der Waals surface area contributed by atoms with Crippen molar-refractivity contribution in [1.29, 1.82) is 0 Å². The third-order valence-electron chi connectivity index (χ3n) is 6.44. The molecule has 7 heteroatoms. The van der Waals surface area contributed by atoms with Crippen LogP contribution in [0, 0.1) is 13.8 Å². The molecule has 3 N–H and O–H groups in total. The lowest BCUT2D eigenvalue weighted by Crippen LogP contribution is -2.50. The zero-order valence-corrected chi connectivity index (χ0v) is 24.1. The molecule has 0 saturated carbocycles. The van der Waals surface area contributed by atoms with Crippen molar-refractivity contribution in [2.45, 2.75) is 77.7 Å². The predicted octanol–water partition coefficient (Wildman–Crippen LogP) is 5.30. The fraction of sp³-hybridized carbons (Fsp3) is 0.394. The minimum atomic E-state index is -0.951. The summed E-state index contributed by atoms with van der Waals surface area (Å²) in [5, 5.41) is 17.3. The molecular formula is C33H42N2O5. The van der Waals surface area contributed by atoms with E-state index in [0.717, 1.165) is 22.3 Å². The Morgan fingerprint density at radius 1 is 0.800 bits per heavy atom. The number of ether oxygens (including phenoxy) is 2. The maximum atomic E-state index is 13.0. The van der Waals surface area contributed by atoms with Crippen LogP contribution in [0.1, 0.15) is 49.4 Å². The minimum Gasteiger partial charge on any atom is -0.483 e. The summed E-state index contributed by atoms with van der Waals surface area (Å²) in [6.45, 7) is 9.12. The van der Waals surface area contributed by atoms with Crippen LogP contribution in [0.5, 0.6) is 5.75 Å². The van der Waals surface area contributed by atoms with E-state index in [9.17, 15) is 14.7 Å². The predicted molar refractivity (Wildman–Crippen MR) is 157 cm³/mol. The summed E-state index contributed by atoms with van der Waals surface area (Å²) >= 11 is 0. The molecule has 0 radical (unpaired) electrons. The maximum absolute atomic E-state index is 13.0. The van der Waals surface area contributed by atoms with E-state index in [2.05, 4.69) is 10.6 Å². The number of aryl methyl sites for hydroxylation is 2. The van der Waals surface area contributed by atoms with Crippen molar-refractivity contribution < 1.29 is 24.2 Å². The summed E-state index contributed by atoms with van der Waals surface area (Å²) in [4.78, 5) is 25.7. The number of carbonyl (C=O) groups excluding carboxylic acids is 2. The lowest BCUT2D eigenvalue weighted by molar-refractivity contribution is -0.124. The van der Waals surface area contributed by atoms with Gasteiger partial charge in [0.05, 0.1) is 12.1 Å². The van der Waals surface area contributed by atoms with Gasteiger partial charge in [-0.2, -0.15) is 0 Å². The van der Waals surface area contributed by atoms with E-state index in [0.29, 0.717) is 18.6 Å². The number of carbonyl (C=O) groups is 2. The molecule has 0 aliphatic carbocycles. The number of nitrogens with one attached hydrogen (secondary N) is 2. The fourth-order valence-corrected chi connectivity index (χ4v) is 4.59. The first-order valence-electron chi connectivity index (χ1n) is 13.7. The topological polar surface area (TPSA) is 96.9 Å². The number of hydrogen-bond acceptors (Lipinski definition) is 5. The van der Waals surface area contributed by atoms with Gasteiger partial charge in [0.2, 0.25) is 0 Å². The van der Waals surface area contributed by atoms with Gasteiger partial charge < -0.3 is 25.2 Å². The molecule has 0 aliphatic heterocycles. The van der Waals surface area contributed by atoms with E-state index < -0.39 is 29.9 Å². The molecule has 2 amide bonds. The van der Waals surface area contributed by atoms with Crippen molar-refractivity contribution in [2.75, 3.05) is 6.61 Å². The highest BCUT2D eigenvalue weighted by atomic mass is 16.6. The Kier molecular flexibility index (Phi) is 11.1. The molecular weight excluding hydrogens is 504 g/mol. The molecule has 3 aromatic carbocycles. The van der Waals surface area contributed by atoms with E-state index in [1.54, 1.807) is 20.8 Å². The van der Waals surface area contributed by atoms with E-state index >= 15 is 0 Å². The number of alkyl carbamates (subject to hydrolysis) is 1. The molecule has 0 aliphatic rings. The van der Waals surface area contributed by atoms with Gasteiger partial charge in [-0.3, -0.25) is 4.79 Å². The Bertz CT molecular complexity index is 1200. The first-order chi connectivity index (χ1) is 19.0. The second-order valence-corrected chi connectivity index (χ2v) is 11.2. The molecule has 3 atom stereocenters.